The summed E-state index contributed by atoms with van der Waals surface area (Å²) < 4.78 is 9.59. The Labute approximate surface area is 51.0 Å². The second-order valence-electron chi connectivity index (χ2n) is 0.799. The molecule has 0 saturated heterocycles. The fourth-order valence-electron chi connectivity index (χ4n) is 0. The van der Waals surface area contributed by atoms with Crippen molar-refractivity contribution in [3.05, 3.63) is 0 Å². The maximum absolute atomic E-state index is 11.6. The summed E-state index contributed by atoms with van der Waals surface area (Å²) in [4.78, 5) is 0. The number of halogens is 3. The molecule has 6 heavy (non-hydrogen) atoms. The molecule has 0 saturated carbocycles. The summed E-state index contributed by atoms with van der Waals surface area (Å²) in [6, 6.07) is 0. The van der Waals surface area contributed by atoms with Crippen molar-refractivity contribution in [2.24, 2.45) is 0 Å². The van der Waals surface area contributed by atoms with Crippen LogP contribution in [0.1, 0.15) is 0 Å². The summed E-state index contributed by atoms with van der Waals surface area (Å²) in [5, 5.41) is 0. The van der Waals surface area contributed by atoms with Crippen LogP contribution in [0.15, 0.2) is 0 Å². The van der Waals surface area contributed by atoms with Gasteiger partial charge in [-0.05, 0) is 0 Å². The Hall–Kier alpha value is 0.860. The molecule has 0 bridgehead atoms. The van der Waals surface area contributed by atoms with Crippen molar-refractivity contribution in [1.29, 1.82) is 0 Å². The predicted octanol–water partition coefficient (Wildman–Crippen LogP) is 2.02. The standard InChI is InChI=1S/C2H3Cl2FS/c3-1-2(4,5)6/h6H,1H2. The van der Waals surface area contributed by atoms with E-state index < -0.39 is 4.46 Å². The molecule has 1 unspecified atom stereocenters. The van der Waals surface area contributed by atoms with E-state index in [0.717, 1.165) is 0 Å². The molecule has 0 radical (unpaired) electrons. The third-order valence-electron chi connectivity index (χ3n) is 0.161. The molecule has 0 aliphatic carbocycles. The molecule has 0 rings (SSSR count). The lowest BCUT2D eigenvalue weighted by Gasteiger charge is -2.01. The van der Waals surface area contributed by atoms with Crippen LogP contribution in [0.5, 0.6) is 0 Å². The lowest BCUT2D eigenvalue weighted by atomic mass is 10.9. The topological polar surface area (TPSA) is 0 Å². The van der Waals surface area contributed by atoms with E-state index in [1.165, 1.54) is 0 Å². The third-order valence-corrected chi connectivity index (χ3v) is 1.14. The minimum absolute atomic E-state index is 0.294. The second-order valence-corrected chi connectivity index (χ2v) is 2.64. The first-order chi connectivity index (χ1) is 2.56. The molecule has 0 aromatic carbocycles. The van der Waals surface area contributed by atoms with Gasteiger partial charge in [0.05, 0.1) is 5.88 Å². The highest BCUT2D eigenvalue weighted by Crippen LogP contribution is 2.22. The average molecular weight is 149 g/mol. The number of alkyl halides is 3. The van der Waals surface area contributed by atoms with E-state index in [0.29, 0.717) is 0 Å². The highest BCUT2D eigenvalue weighted by atomic mass is 35.5. The highest BCUT2D eigenvalue weighted by molar-refractivity contribution is 7.83. The molecule has 0 aliphatic heterocycles. The van der Waals surface area contributed by atoms with E-state index >= 15 is 0 Å². The summed E-state index contributed by atoms with van der Waals surface area (Å²) >= 11 is 12.9. The average Bonchev–Trinajstić information content (AvgIpc) is 1.35. The smallest absolute Gasteiger partial charge is 0.213 e. The van der Waals surface area contributed by atoms with Gasteiger partial charge in [0.15, 0.2) is 0 Å². The summed E-state index contributed by atoms with van der Waals surface area (Å²) in [5.74, 6) is -0.294. The fraction of sp³-hybridized carbons (Fsp3) is 1.00. The minimum Gasteiger partial charge on any atom is -0.213 e. The van der Waals surface area contributed by atoms with Crippen LogP contribution in [0, 0.1) is 0 Å². The molecule has 0 nitrogen and oxygen atoms in total. The zero-order valence-corrected chi connectivity index (χ0v) is 5.19. The molecule has 4 heteroatoms. The van der Waals surface area contributed by atoms with Gasteiger partial charge in [0.2, 0.25) is 4.46 Å². The van der Waals surface area contributed by atoms with Crippen molar-refractivity contribution >= 4 is 35.8 Å². The van der Waals surface area contributed by atoms with Gasteiger partial charge in [0, 0.05) is 0 Å². The van der Waals surface area contributed by atoms with Crippen LogP contribution in [0.3, 0.4) is 0 Å². The Morgan fingerprint density at radius 2 is 2.00 bits per heavy atom. The first-order valence-corrected chi connectivity index (χ1v) is 2.58. The van der Waals surface area contributed by atoms with Gasteiger partial charge < -0.3 is 0 Å². The SMILES string of the molecule is FC(S)(Cl)CCl. The first kappa shape index (κ1) is 6.86. The van der Waals surface area contributed by atoms with Gasteiger partial charge in [-0.25, -0.2) is 4.39 Å². The van der Waals surface area contributed by atoms with E-state index in [1.54, 1.807) is 0 Å². The number of thiol groups is 1. The summed E-state index contributed by atoms with van der Waals surface area (Å²) in [7, 11) is 0. The van der Waals surface area contributed by atoms with E-state index in [-0.39, 0.29) is 5.88 Å². The van der Waals surface area contributed by atoms with Gasteiger partial charge in [0.1, 0.15) is 0 Å². The normalized spacial score (nSPS) is 20.0. The monoisotopic (exact) mass is 148 g/mol. The predicted molar refractivity (Wildman–Crippen MR) is 29.4 cm³/mol. The van der Waals surface area contributed by atoms with E-state index in [2.05, 4.69) is 12.6 Å². The Kier molecular flexibility index (Phi) is 2.56. The zero-order chi connectivity index (χ0) is 5.21. The van der Waals surface area contributed by atoms with Crippen molar-refractivity contribution in [1.82, 2.24) is 0 Å². The largest absolute Gasteiger partial charge is 0.240 e. The van der Waals surface area contributed by atoms with Gasteiger partial charge in [-0.1, -0.05) is 11.6 Å². The lowest BCUT2D eigenvalue weighted by Crippen LogP contribution is -2.03. The van der Waals surface area contributed by atoms with E-state index in [4.69, 9.17) is 23.2 Å². The summed E-state index contributed by atoms with van der Waals surface area (Å²) in [6.07, 6.45) is 0. The molecule has 0 aliphatic rings. The van der Waals surface area contributed by atoms with Crippen molar-refractivity contribution in [3.8, 4) is 0 Å². The summed E-state index contributed by atoms with van der Waals surface area (Å²) in [5.41, 5.74) is 0. The van der Waals surface area contributed by atoms with Gasteiger partial charge in [0.25, 0.3) is 0 Å². The maximum atomic E-state index is 11.6. The van der Waals surface area contributed by atoms with Gasteiger partial charge in [-0.15, -0.1) is 24.2 Å². The Balaban J connectivity index is 3.17. The van der Waals surface area contributed by atoms with Crippen molar-refractivity contribution in [2.45, 2.75) is 4.46 Å². The van der Waals surface area contributed by atoms with Crippen LogP contribution < -0.4 is 0 Å². The zero-order valence-electron chi connectivity index (χ0n) is 2.79. The van der Waals surface area contributed by atoms with E-state index in [1.807, 2.05) is 0 Å². The molecule has 0 spiro atoms. The van der Waals surface area contributed by atoms with Gasteiger partial charge in [-0.2, -0.15) is 0 Å². The molecule has 0 aromatic heterocycles. The first-order valence-electron chi connectivity index (χ1n) is 1.22. The van der Waals surface area contributed by atoms with Crippen molar-refractivity contribution in [2.75, 3.05) is 5.88 Å². The van der Waals surface area contributed by atoms with Crippen LogP contribution in [-0.4, -0.2) is 10.3 Å². The Bertz CT molecular complexity index is 41.3. The van der Waals surface area contributed by atoms with Gasteiger partial charge >= 0.3 is 0 Å². The molecular formula is C2H3Cl2FS. The molecule has 0 heterocycles. The molecule has 1 atom stereocenters. The number of hydrogen-bond acceptors (Lipinski definition) is 1. The Morgan fingerprint density at radius 1 is 1.83 bits per heavy atom. The van der Waals surface area contributed by atoms with Gasteiger partial charge in [-0.3, -0.25) is 0 Å². The van der Waals surface area contributed by atoms with Crippen LogP contribution in [0.4, 0.5) is 4.39 Å². The highest BCUT2D eigenvalue weighted by Gasteiger charge is 2.16. The minimum atomic E-state index is -2.03. The van der Waals surface area contributed by atoms with Crippen LogP contribution in [0.2, 0.25) is 0 Å². The number of hydrogen-bond donors (Lipinski definition) is 1. The molecule has 0 fully saturated rings. The van der Waals surface area contributed by atoms with E-state index in [9.17, 15) is 4.39 Å². The summed E-state index contributed by atoms with van der Waals surface area (Å²) in [6.45, 7) is 0. The molecule has 0 amide bonds. The number of rotatable bonds is 1. The quantitative estimate of drug-likeness (QED) is 0.427. The lowest BCUT2D eigenvalue weighted by molar-refractivity contribution is 0.441. The third kappa shape index (κ3) is 4.86. The van der Waals surface area contributed by atoms with Crippen LogP contribution in [-0.2, 0) is 0 Å². The van der Waals surface area contributed by atoms with Crippen molar-refractivity contribution < 1.29 is 4.39 Å². The van der Waals surface area contributed by atoms with Crippen LogP contribution >= 0.6 is 35.8 Å². The maximum Gasteiger partial charge on any atom is 0.240 e. The fourth-order valence-corrected chi connectivity index (χ4v) is 0. The second kappa shape index (κ2) is 2.24. The molecule has 0 N–H and O–H groups in total. The van der Waals surface area contributed by atoms with Crippen LogP contribution in [0.25, 0.3) is 0 Å². The van der Waals surface area contributed by atoms with Crippen molar-refractivity contribution in [3.63, 3.8) is 0 Å². The Morgan fingerprint density at radius 3 is 2.00 bits per heavy atom. The molecule has 0 aromatic rings. The molecular weight excluding hydrogens is 146 g/mol. The molecule has 38 valence electrons.